The normalized spacial score (nSPS) is 15.8. The van der Waals surface area contributed by atoms with E-state index in [0.29, 0.717) is 15.9 Å². The highest BCUT2D eigenvalue weighted by Crippen LogP contribution is 2.23. The Hall–Kier alpha value is -0.750. The van der Waals surface area contributed by atoms with Gasteiger partial charge in [-0.2, -0.15) is 11.8 Å². The number of ether oxygens (including phenoxy) is 1. The number of hydrogen-bond acceptors (Lipinski definition) is 4. The number of rotatable bonds is 2. The quantitative estimate of drug-likeness (QED) is 0.837. The van der Waals surface area contributed by atoms with E-state index in [0.717, 1.165) is 24.6 Å². The lowest BCUT2D eigenvalue weighted by atomic mass is 10.2. The van der Waals surface area contributed by atoms with E-state index in [-0.39, 0.29) is 5.91 Å². The number of nitrogens with zero attached hydrogens (tertiary/aromatic N) is 2. The molecule has 92 valence electrons. The summed E-state index contributed by atoms with van der Waals surface area (Å²) in [5.74, 6) is 2.56. The van der Waals surface area contributed by atoms with Crippen LogP contribution in [0.15, 0.2) is 16.7 Å². The van der Waals surface area contributed by atoms with E-state index in [1.165, 1.54) is 0 Å². The fourth-order valence-corrected chi connectivity index (χ4v) is 3.06. The lowest BCUT2D eigenvalue weighted by Crippen LogP contribution is -2.37. The van der Waals surface area contributed by atoms with Crippen molar-refractivity contribution in [2.45, 2.75) is 0 Å². The average molecular weight is 317 g/mol. The molecule has 0 radical (unpaired) electrons. The first-order valence-electron chi connectivity index (χ1n) is 5.29. The van der Waals surface area contributed by atoms with Gasteiger partial charge in [-0.3, -0.25) is 4.79 Å². The molecule has 1 saturated heterocycles. The summed E-state index contributed by atoms with van der Waals surface area (Å²) in [7, 11) is 1.55. The van der Waals surface area contributed by atoms with Gasteiger partial charge in [0.1, 0.15) is 0 Å². The van der Waals surface area contributed by atoms with Crippen LogP contribution < -0.4 is 4.74 Å². The van der Waals surface area contributed by atoms with Crippen molar-refractivity contribution in [3.63, 3.8) is 0 Å². The molecule has 1 aromatic rings. The minimum Gasteiger partial charge on any atom is -0.480 e. The molecule has 1 fully saturated rings. The summed E-state index contributed by atoms with van der Waals surface area (Å²) >= 11 is 5.22. The zero-order chi connectivity index (χ0) is 12.3. The second-order valence-electron chi connectivity index (χ2n) is 3.62. The first-order chi connectivity index (χ1) is 8.22. The molecule has 0 aliphatic carbocycles. The number of pyridine rings is 1. The highest BCUT2D eigenvalue weighted by Gasteiger charge is 2.19. The molecule has 1 aromatic heterocycles. The molecule has 17 heavy (non-hydrogen) atoms. The van der Waals surface area contributed by atoms with Crippen LogP contribution in [-0.2, 0) is 0 Å². The molecule has 0 unspecified atom stereocenters. The third-order valence-electron chi connectivity index (χ3n) is 2.55. The van der Waals surface area contributed by atoms with Crippen LogP contribution in [0.1, 0.15) is 10.4 Å². The van der Waals surface area contributed by atoms with Crippen molar-refractivity contribution in [3.8, 4) is 5.88 Å². The molecule has 0 bridgehead atoms. The average Bonchev–Trinajstić information content (AvgIpc) is 2.39. The Labute approximate surface area is 113 Å². The largest absolute Gasteiger partial charge is 0.480 e. The molecule has 0 spiro atoms. The van der Waals surface area contributed by atoms with Crippen LogP contribution in [0, 0.1) is 0 Å². The van der Waals surface area contributed by atoms with Crippen molar-refractivity contribution < 1.29 is 9.53 Å². The predicted molar refractivity (Wildman–Crippen MR) is 71.7 cm³/mol. The summed E-state index contributed by atoms with van der Waals surface area (Å²) in [5, 5.41) is 0. The Morgan fingerprint density at radius 2 is 2.24 bits per heavy atom. The number of methoxy groups -OCH3 is 1. The highest BCUT2D eigenvalue weighted by atomic mass is 79.9. The van der Waals surface area contributed by atoms with Gasteiger partial charge in [-0.25, -0.2) is 4.98 Å². The highest BCUT2D eigenvalue weighted by molar-refractivity contribution is 9.10. The van der Waals surface area contributed by atoms with Crippen LogP contribution in [-0.4, -0.2) is 47.5 Å². The molecule has 2 rings (SSSR count). The standard InChI is InChI=1S/C11H13BrN2O2S/c1-16-10-9(12)6-8(7-13-10)11(15)14-2-4-17-5-3-14/h6-7H,2-5H2,1H3. The zero-order valence-electron chi connectivity index (χ0n) is 9.48. The van der Waals surface area contributed by atoms with Crippen molar-refractivity contribution >= 4 is 33.6 Å². The molecule has 4 nitrogen and oxygen atoms in total. The number of aromatic nitrogens is 1. The minimum absolute atomic E-state index is 0.0427. The molecule has 0 N–H and O–H groups in total. The van der Waals surface area contributed by atoms with Gasteiger partial charge < -0.3 is 9.64 Å². The van der Waals surface area contributed by atoms with Crippen LogP contribution in [0.4, 0.5) is 0 Å². The molecule has 1 aliphatic heterocycles. The first-order valence-corrected chi connectivity index (χ1v) is 7.23. The lowest BCUT2D eigenvalue weighted by molar-refractivity contribution is 0.0771. The Kier molecular flexibility index (Phi) is 4.28. The van der Waals surface area contributed by atoms with Crippen LogP contribution >= 0.6 is 27.7 Å². The summed E-state index contributed by atoms with van der Waals surface area (Å²) in [5.41, 5.74) is 0.601. The fraction of sp³-hybridized carbons (Fsp3) is 0.455. The molecule has 0 aromatic carbocycles. The van der Waals surface area contributed by atoms with Gasteiger partial charge in [0, 0.05) is 30.8 Å². The van der Waals surface area contributed by atoms with Crippen LogP contribution in [0.5, 0.6) is 5.88 Å². The van der Waals surface area contributed by atoms with Gasteiger partial charge in [-0.15, -0.1) is 0 Å². The van der Waals surface area contributed by atoms with Crippen molar-refractivity contribution in [2.24, 2.45) is 0 Å². The maximum absolute atomic E-state index is 12.2. The number of thioether (sulfide) groups is 1. The number of hydrogen-bond donors (Lipinski definition) is 0. The minimum atomic E-state index is 0.0427. The summed E-state index contributed by atoms with van der Waals surface area (Å²) in [6.45, 7) is 1.63. The van der Waals surface area contributed by atoms with E-state index in [4.69, 9.17) is 4.74 Å². The summed E-state index contributed by atoms with van der Waals surface area (Å²) in [4.78, 5) is 18.1. The molecule has 1 aliphatic rings. The number of halogens is 1. The van der Waals surface area contributed by atoms with Crippen LogP contribution in [0.25, 0.3) is 0 Å². The van der Waals surface area contributed by atoms with Crippen molar-refractivity contribution in [3.05, 3.63) is 22.3 Å². The smallest absolute Gasteiger partial charge is 0.255 e. The molecule has 0 saturated carbocycles. The van der Waals surface area contributed by atoms with Crippen molar-refractivity contribution in [1.82, 2.24) is 9.88 Å². The van der Waals surface area contributed by atoms with Gasteiger partial charge in [0.2, 0.25) is 5.88 Å². The van der Waals surface area contributed by atoms with E-state index in [1.807, 2.05) is 16.7 Å². The zero-order valence-corrected chi connectivity index (χ0v) is 11.9. The molecule has 0 atom stereocenters. The molecule has 2 heterocycles. The Morgan fingerprint density at radius 1 is 1.53 bits per heavy atom. The van der Waals surface area contributed by atoms with Gasteiger partial charge in [-0.1, -0.05) is 0 Å². The first kappa shape index (κ1) is 12.7. The van der Waals surface area contributed by atoms with Crippen LogP contribution in [0.2, 0.25) is 0 Å². The second kappa shape index (κ2) is 5.73. The van der Waals surface area contributed by atoms with E-state index >= 15 is 0 Å². The lowest BCUT2D eigenvalue weighted by Gasteiger charge is -2.26. The van der Waals surface area contributed by atoms with Gasteiger partial charge in [0.05, 0.1) is 17.1 Å². The molecular formula is C11H13BrN2O2S. The van der Waals surface area contributed by atoms with Gasteiger partial charge >= 0.3 is 0 Å². The van der Waals surface area contributed by atoms with Crippen LogP contribution in [0.3, 0.4) is 0 Å². The SMILES string of the molecule is COc1ncc(C(=O)N2CCSCC2)cc1Br. The van der Waals surface area contributed by atoms with E-state index in [2.05, 4.69) is 20.9 Å². The van der Waals surface area contributed by atoms with Gasteiger partial charge in [-0.05, 0) is 22.0 Å². The second-order valence-corrected chi connectivity index (χ2v) is 5.70. The Balaban J connectivity index is 2.16. The van der Waals surface area contributed by atoms with Gasteiger partial charge in [0.15, 0.2) is 0 Å². The predicted octanol–water partition coefficient (Wildman–Crippen LogP) is 2.04. The summed E-state index contributed by atoms with van der Waals surface area (Å²) in [6, 6.07) is 1.76. The number of carbonyl (C=O) groups is 1. The van der Waals surface area contributed by atoms with E-state index in [9.17, 15) is 4.79 Å². The van der Waals surface area contributed by atoms with E-state index < -0.39 is 0 Å². The maximum Gasteiger partial charge on any atom is 0.255 e. The van der Waals surface area contributed by atoms with Gasteiger partial charge in [0.25, 0.3) is 5.91 Å². The Bertz CT molecular complexity index is 422. The third-order valence-corrected chi connectivity index (χ3v) is 4.06. The summed E-state index contributed by atoms with van der Waals surface area (Å²) < 4.78 is 5.74. The molecule has 1 amide bonds. The summed E-state index contributed by atoms with van der Waals surface area (Å²) in [6.07, 6.45) is 1.56. The maximum atomic E-state index is 12.2. The topological polar surface area (TPSA) is 42.4 Å². The van der Waals surface area contributed by atoms with Crippen molar-refractivity contribution in [1.29, 1.82) is 0 Å². The fourth-order valence-electron chi connectivity index (χ4n) is 1.64. The van der Waals surface area contributed by atoms with Crippen molar-refractivity contribution in [2.75, 3.05) is 31.7 Å². The van der Waals surface area contributed by atoms with E-state index in [1.54, 1.807) is 19.4 Å². The third kappa shape index (κ3) is 2.93. The monoisotopic (exact) mass is 316 g/mol. The molecule has 6 heteroatoms. The number of amides is 1. The Morgan fingerprint density at radius 3 is 2.82 bits per heavy atom. The number of carbonyl (C=O) groups excluding carboxylic acids is 1. The molecular weight excluding hydrogens is 304 g/mol.